The zero-order chi connectivity index (χ0) is 11.3. The van der Waals surface area contributed by atoms with Gasteiger partial charge in [0.25, 0.3) is 0 Å². The van der Waals surface area contributed by atoms with Gasteiger partial charge in [0.15, 0.2) is 0 Å². The van der Waals surface area contributed by atoms with Crippen LogP contribution in [0.5, 0.6) is 0 Å². The highest BCUT2D eigenvalue weighted by Crippen LogP contribution is 2.21. The topological polar surface area (TPSA) is 24.1 Å². The molecular formula is C9H17F3N2S. The molecule has 0 bridgehead atoms. The monoisotopic (exact) mass is 242 g/mol. The highest BCUT2D eigenvalue weighted by molar-refractivity contribution is 7.99. The Balaban J connectivity index is 2.12. The summed E-state index contributed by atoms with van der Waals surface area (Å²) in [6.07, 6.45) is -4.83. The molecule has 2 unspecified atom stereocenters. The van der Waals surface area contributed by atoms with E-state index in [-0.39, 0.29) is 0 Å². The third kappa shape index (κ3) is 6.27. The van der Waals surface area contributed by atoms with E-state index in [0.29, 0.717) is 12.6 Å². The van der Waals surface area contributed by atoms with Gasteiger partial charge < -0.3 is 10.6 Å². The summed E-state index contributed by atoms with van der Waals surface area (Å²) >= 11 is 1.84. The van der Waals surface area contributed by atoms with Gasteiger partial charge in [0, 0.05) is 36.7 Å². The molecule has 0 aromatic rings. The highest BCUT2D eigenvalue weighted by Gasteiger charge is 2.30. The van der Waals surface area contributed by atoms with Crippen LogP contribution in [-0.4, -0.2) is 42.9 Å². The van der Waals surface area contributed by atoms with Crippen LogP contribution >= 0.6 is 11.8 Å². The summed E-state index contributed by atoms with van der Waals surface area (Å²) in [7, 11) is 0. The molecule has 1 rings (SSSR count). The van der Waals surface area contributed by atoms with Crippen molar-refractivity contribution in [3.05, 3.63) is 0 Å². The van der Waals surface area contributed by atoms with Gasteiger partial charge in [-0.3, -0.25) is 0 Å². The van der Waals surface area contributed by atoms with Crippen LogP contribution in [0.1, 0.15) is 13.3 Å². The molecular weight excluding hydrogens is 225 g/mol. The fraction of sp³-hybridized carbons (Fsp3) is 1.00. The Bertz CT molecular complexity index is 181. The van der Waals surface area contributed by atoms with E-state index in [2.05, 4.69) is 10.6 Å². The van der Waals surface area contributed by atoms with Crippen LogP contribution in [0.3, 0.4) is 0 Å². The Morgan fingerprint density at radius 2 is 2.27 bits per heavy atom. The lowest BCUT2D eigenvalue weighted by Crippen LogP contribution is -2.47. The van der Waals surface area contributed by atoms with Gasteiger partial charge in [0.1, 0.15) is 0 Å². The first kappa shape index (κ1) is 13.1. The van der Waals surface area contributed by atoms with Gasteiger partial charge >= 0.3 is 6.18 Å². The van der Waals surface area contributed by atoms with Crippen molar-refractivity contribution in [2.75, 3.05) is 24.6 Å². The summed E-state index contributed by atoms with van der Waals surface area (Å²) in [6, 6.07) is -0.196. The van der Waals surface area contributed by atoms with Crippen molar-refractivity contribution in [2.24, 2.45) is 0 Å². The Hall–Kier alpha value is 0.0600. The van der Waals surface area contributed by atoms with Crippen molar-refractivity contribution in [1.29, 1.82) is 0 Å². The van der Waals surface area contributed by atoms with E-state index >= 15 is 0 Å². The average Bonchev–Trinajstić information content (AvgIpc) is 2.14. The third-order valence-electron chi connectivity index (χ3n) is 2.25. The van der Waals surface area contributed by atoms with Gasteiger partial charge in [0.05, 0.1) is 6.42 Å². The van der Waals surface area contributed by atoms with Gasteiger partial charge in [-0.05, 0) is 6.92 Å². The van der Waals surface area contributed by atoms with Crippen molar-refractivity contribution in [2.45, 2.75) is 31.6 Å². The maximum atomic E-state index is 12.0. The molecule has 1 heterocycles. The van der Waals surface area contributed by atoms with Crippen LogP contribution in [0, 0.1) is 0 Å². The Morgan fingerprint density at radius 3 is 2.80 bits per heavy atom. The van der Waals surface area contributed by atoms with Crippen molar-refractivity contribution >= 4 is 11.8 Å². The van der Waals surface area contributed by atoms with Gasteiger partial charge in [-0.1, -0.05) is 0 Å². The number of nitrogens with one attached hydrogen (secondary N) is 2. The molecule has 1 saturated heterocycles. The Labute approximate surface area is 92.4 Å². The minimum Gasteiger partial charge on any atom is -0.312 e. The van der Waals surface area contributed by atoms with E-state index in [1.807, 2.05) is 11.8 Å². The fourth-order valence-electron chi connectivity index (χ4n) is 1.51. The van der Waals surface area contributed by atoms with E-state index in [0.717, 1.165) is 18.1 Å². The lowest BCUT2D eigenvalue weighted by Gasteiger charge is -2.25. The first-order valence-corrected chi connectivity index (χ1v) is 6.24. The molecule has 0 aromatic heterocycles. The number of halogens is 3. The minimum atomic E-state index is -4.07. The summed E-state index contributed by atoms with van der Waals surface area (Å²) in [6.45, 7) is 3.14. The van der Waals surface area contributed by atoms with Gasteiger partial charge in [-0.2, -0.15) is 24.9 Å². The van der Waals surface area contributed by atoms with Crippen LogP contribution in [0.15, 0.2) is 0 Å². The second kappa shape index (κ2) is 5.96. The molecule has 2 atom stereocenters. The molecule has 1 aliphatic rings. The second-order valence-corrected chi connectivity index (χ2v) is 5.00. The lowest BCUT2D eigenvalue weighted by molar-refractivity contribution is -0.139. The molecule has 2 nitrogen and oxygen atoms in total. The minimum absolute atomic E-state index is 0.305. The number of hydrogen-bond donors (Lipinski definition) is 2. The maximum Gasteiger partial charge on any atom is 0.390 e. The molecule has 0 amide bonds. The molecule has 0 aromatic carbocycles. The van der Waals surface area contributed by atoms with Gasteiger partial charge in [-0.15, -0.1) is 0 Å². The highest BCUT2D eigenvalue weighted by atomic mass is 32.2. The van der Waals surface area contributed by atoms with Crippen molar-refractivity contribution in [3.63, 3.8) is 0 Å². The molecule has 1 aliphatic heterocycles. The summed E-state index contributed by atoms with van der Waals surface area (Å²) in [5.41, 5.74) is 0. The molecule has 0 spiro atoms. The first-order chi connectivity index (χ1) is 6.97. The quantitative estimate of drug-likeness (QED) is 0.783. The van der Waals surface area contributed by atoms with Crippen LogP contribution in [-0.2, 0) is 0 Å². The average molecular weight is 242 g/mol. The zero-order valence-corrected chi connectivity index (χ0v) is 9.55. The van der Waals surface area contributed by atoms with Crippen LogP contribution in [0.25, 0.3) is 0 Å². The van der Waals surface area contributed by atoms with Crippen LogP contribution < -0.4 is 10.6 Å². The molecule has 0 radical (unpaired) electrons. The number of alkyl halides is 3. The van der Waals surface area contributed by atoms with Crippen molar-refractivity contribution in [1.82, 2.24) is 10.6 Å². The summed E-state index contributed by atoms with van der Waals surface area (Å²) in [5.74, 6) is 2.07. The molecule has 90 valence electrons. The lowest BCUT2D eigenvalue weighted by atomic mass is 10.2. The number of hydrogen-bond acceptors (Lipinski definition) is 3. The zero-order valence-electron chi connectivity index (χ0n) is 8.73. The fourth-order valence-corrected chi connectivity index (χ4v) is 2.46. The molecule has 2 N–H and O–H groups in total. The Kier molecular flexibility index (Phi) is 5.22. The summed E-state index contributed by atoms with van der Waals surface area (Å²) in [5, 5.41) is 6.19. The maximum absolute atomic E-state index is 12.0. The van der Waals surface area contributed by atoms with Gasteiger partial charge in [-0.25, -0.2) is 0 Å². The number of thioether (sulfide) groups is 1. The first-order valence-electron chi connectivity index (χ1n) is 5.08. The standard InChI is InChI=1S/C9H17F3N2S/c1-7(4-9(10,11)12)14-5-8-6-15-3-2-13-8/h7-8,13-14H,2-6H2,1H3. The third-order valence-corrected chi connectivity index (χ3v) is 3.38. The van der Waals surface area contributed by atoms with Gasteiger partial charge in [0.2, 0.25) is 0 Å². The largest absolute Gasteiger partial charge is 0.390 e. The van der Waals surface area contributed by atoms with Crippen LogP contribution in [0.4, 0.5) is 13.2 Å². The van der Waals surface area contributed by atoms with E-state index in [1.165, 1.54) is 0 Å². The normalized spacial score (nSPS) is 25.2. The molecule has 15 heavy (non-hydrogen) atoms. The molecule has 1 fully saturated rings. The Morgan fingerprint density at radius 1 is 1.53 bits per heavy atom. The predicted molar refractivity (Wildman–Crippen MR) is 57.3 cm³/mol. The molecule has 6 heteroatoms. The summed E-state index contributed by atoms with van der Waals surface area (Å²) < 4.78 is 36.0. The second-order valence-electron chi connectivity index (χ2n) is 3.85. The van der Waals surface area contributed by atoms with Crippen molar-refractivity contribution < 1.29 is 13.2 Å². The smallest absolute Gasteiger partial charge is 0.312 e. The van der Waals surface area contributed by atoms with E-state index in [4.69, 9.17) is 0 Å². The SMILES string of the molecule is CC(CC(F)(F)F)NCC1CSCCN1. The molecule has 0 saturated carbocycles. The van der Waals surface area contributed by atoms with E-state index < -0.39 is 18.6 Å². The number of rotatable bonds is 4. The molecule has 0 aliphatic carbocycles. The van der Waals surface area contributed by atoms with E-state index in [1.54, 1.807) is 6.92 Å². The van der Waals surface area contributed by atoms with E-state index in [9.17, 15) is 13.2 Å². The van der Waals surface area contributed by atoms with Crippen LogP contribution in [0.2, 0.25) is 0 Å². The van der Waals surface area contributed by atoms with Crippen molar-refractivity contribution in [3.8, 4) is 0 Å². The predicted octanol–water partition coefficient (Wildman–Crippen LogP) is 1.62. The summed E-state index contributed by atoms with van der Waals surface area (Å²) in [4.78, 5) is 0.